The Morgan fingerprint density at radius 3 is 3.05 bits per heavy atom. The molecule has 1 unspecified atom stereocenters. The van der Waals surface area contributed by atoms with E-state index < -0.39 is 0 Å². The minimum Gasteiger partial charge on any atom is -0.493 e. The molecule has 20 heavy (non-hydrogen) atoms. The van der Waals surface area contributed by atoms with Crippen LogP contribution < -0.4 is 10.1 Å². The molecule has 0 aliphatic carbocycles. The minimum absolute atomic E-state index is 0.691. The molecule has 1 fully saturated rings. The van der Waals surface area contributed by atoms with Crippen LogP contribution in [0.3, 0.4) is 0 Å². The van der Waals surface area contributed by atoms with Crippen LogP contribution in [0.5, 0.6) is 5.75 Å². The van der Waals surface area contributed by atoms with Crippen molar-refractivity contribution in [3.05, 3.63) is 30.5 Å². The molecule has 3 heteroatoms. The third-order valence-corrected chi connectivity index (χ3v) is 4.20. The van der Waals surface area contributed by atoms with Gasteiger partial charge in [0.25, 0.3) is 0 Å². The molecule has 0 saturated carbocycles. The number of piperidine rings is 1. The average molecular weight is 272 g/mol. The summed E-state index contributed by atoms with van der Waals surface area (Å²) in [6, 6.07) is 9.19. The van der Waals surface area contributed by atoms with Gasteiger partial charge in [0, 0.05) is 24.2 Å². The van der Waals surface area contributed by atoms with Crippen LogP contribution in [-0.2, 0) is 6.54 Å². The molecule has 0 amide bonds. The Morgan fingerprint density at radius 1 is 1.30 bits per heavy atom. The Hall–Kier alpha value is -1.48. The molecule has 3 rings (SSSR count). The molecule has 2 heterocycles. The summed E-state index contributed by atoms with van der Waals surface area (Å²) in [5, 5.41) is 4.85. The van der Waals surface area contributed by atoms with Crippen LogP contribution >= 0.6 is 0 Å². The summed E-state index contributed by atoms with van der Waals surface area (Å²) in [6.45, 7) is 5.02. The molecule has 1 aliphatic heterocycles. The van der Waals surface area contributed by atoms with Crippen LogP contribution in [0.4, 0.5) is 0 Å². The second-order valence-electron chi connectivity index (χ2n) is 5.57. The highest BCUT2D eigenvalue weighted by atomic mass is 16.5. The summed E-state index contributed by atoms with van der Waals surface area (Å²) in [7, 11) is 0. The smallest absolute Gasteiger partial charge is 0.128 e. The van der Waals surface area contributed by atoms with Crippen LogP contribution in [0.15, 0.2) is 30.5 Å². The van der Waals surface area contributed by atoms with Crippen molar-refractivity contribution in [3.8, 4) is 5.75 Å². The van der Waals surface area contributed by atoms with Crippen LogP contribution in [-0.4, -0.2) is 23.8 Å². The number of fused-ring (bicyclic) bond motifs is 1. The number of aryl methyl sites for hydroxylation is 1. The fraction of sp³-hybridized carbons (Fsp3) is 0.529. The first kappa shape index (κ1) is 13.5. The van der Waals surface area contributed by atoms with Gasteiger partial charge < -0.3 is 14.6 Å². The molecule has 108 valence electrons. The van der Waals surface area contributed by atoms with Gasteiger partial charge in [-0.1, -0.05) is 12.5 Å². The zero-order chi connectivity index (χ0) is 13.8. The summed E-state index contributed by atoms with van der Waals surface area (Å²) < 4.78 is 8.06. The van der Waals surface area contributed by atoms with Crippen LogP contribution in [0, 0.1) is 0 Å². The van der Waals surface area contributed by atoms with Crippen molar-refractivity contribution in [1.29, 1.82) is 0 Å². The first-order valence-corrected chi connectivity index (χ1v) is 7.82. The van der Waals surface area contributed by atoms with Gasteiger partial charge in [0.05, 0.1) is 12.1 Å². The van der Waals surface area contributed by atoms with Crippen LogP contribution in [0.25, 0.3) is 10.9 Å². The molecule has 1 aromatic carbocycles. The van der Waals surface area contributed by atoms with Gasteiger partial charge in [0.1, 0.15) is 5.75 Å². The lowest BCUT2D eigenvalue weighted by Gasteiger charge is -2.23. The lowest BCUT2D eigenvalue weighted by atomic mass is 10.0. The number of ether oxygens (including phenoxy) is 1. The van der Waals surface area contributed by atoms with E-state index in [9.17, 15) is 0 Å². The largest absolute Gasteiger partial charge is 0.493 e. The number of benzene rings is 1. The van der Waals surface area contributed by atoms with Gasteiger partial charge in [-0.25, -0.2) is 0 Å². The molecule has 0 radical (unpaired) electrons. The Morgan fingerprint density at radius 2 is 2.25 bits per heavy atom. The number of aromatic nitrogens is 1. The van der Waals surface area contributed by atoms with Gasteiger partial charge in [0.15, 0.2) is 0 Å². The van der Waals surface area contributed by atoms with E-state index in [0.29, 0.717) is 6.04 Å². The molecular formula is C17H24N2O. The number of hydrogen-bond acceptors (Lipinski definition) is 2. The van der Waals surface area contributed by atoms with E-state index >= 15 is 0 Å². The van der Waals surface area contributed by atoms with Gasteiger partial charge in [0.2, 0.25) is 0 Å². The average Bonchev–Trinajstić information content (AvgIpc) is 2.91. The van der Waals surface area contributed by atoms with E-state index in [2.05, 4.69) is 40.3 Å². The molecule has 1 atom stereocenters. The van der Waals surface area contributed by atoms with E-state index in [1.54, 1.807) is 0 Å². The Bertz CT molecular complexity index is 555. The summed E-state index contributed by atoms with van der Waals surface area (Å²) in [4.78, 5) is 0. The maximum Gasteiger partial charge on any atom is 0.128 e. The summed E-state index contributed by atoms with van der Waals surface area (Å²) in [5.41, 5.74) is 1.28. The Labute approximate surface area is 120 Å². The monoisotopic (exact) mass is 272 g/mol. The van der Waals surface area contributed by atoms with Gasteiger partial charge >= 0.3 is 0 Å². The van der Waals surface area contributed by atoms with E-state index in [1.165, 1.54) is 43.1 Å². The molecule has 1 aromatic heterocycles. The normalized spacial score (nSPS) is 19.4. The molecule has 1 aliphatic rings. The maximum absolute atomic E-state index is 5.70. The maximum atomic E-state index is 5.70. The molecule has 0 bridgehead atoms. The minimum atomic E-state index is 0.691. The van der Waals surface area contributed by atoms with Crippen molar-refractivity contribution in [2.75, 3.05) is 13.2 Å². The number of nitrogens with one attached hydrogen (secondary N) is 1. The standard InChI is InChI=1S/C17H24N2O/c1-2-20-17-8-5-7-16-15(17)10-13-19(16)12-9-14-6-3-4-11-18-14/h5,7-8,10,13-14,18H,2-4,6,9,11-12H2,1H3. The second kappa shape index (κ2) is 6.31. The van der Waals surface area contributed by atoms with Gasteiger partial charge in [-0.3, -0.25) is 0 Å². The predicted molar refractivity (Wildman–Crippen MR) is 83.4 cm³/mol. The van der Waals surface area contributed by atoms with E-state index in [-0.39, 0.29) is 0 Å². The SMILES string of the molecule is CCOc1cccc2c1ccn2CCC1CCCCN1. The molecular weight excluding hydrogens is 248 g/mol. The molecule has 1 saturated heterocycles. The fourth-order valence-electron chi connectivity index (χ4n) is 3.14. The molecule has 1 N–H and O–H groups in total. The topological polar surface area (TPSA) is 26.2 Å². The van der Waals surface area contributed by atoms with E-state index in [1.807, 2.05) is 6.92 Å². The fourth-order valence-corrected chi connectivity index (χ4v) is 3.14. The summed E-state index contributed by atoms with van der Waals surface area (Å²) >= 11 is 0. The highest BCUT2D eigenvalue weighted by molar-refractivity contribution is 5.86. The summed E-state index contributed by atoms with van der Waals surface area (Å²) in [5.74, 6) is 1.000. The number of hydrogen-bond donors (Lipinski definition) is 1. The van der Waals surface area contributed by atoms with Crippen molar-refractivity contribution in [3.63, 3.8) is 0 Å². The predicted octanol–water partition coefficient (Wildman–Crippen LogP) is 3.57. The van der Waals surface area contributed by atoms with E-state index in [0.717, 1.165) is 18.9 Å². The summed E-state index contributed by atoms with van der Waals surface area (Å²) in [6.07, 6.45) is 7.43. The highest BCUT2D eigenvalue weighted by Gasteiger charge is 2.13. The Kier molecular flexibility index (Phi) is 4.26. The first-order chi connectivity index (χ1) is 9.88. The molecule has 3 nitrogen and oxygen atoms in total. The lowest BCUT2D eigenvalue weighted by molar-refractivity contribution is 0.344. The quantitative estimate of drug-likeness (QED) is 0.900. The number of nitrogens with zero attached hydrogens (tertiary/aromatic N) is 1. The second-order valence-corrected chi connectivity index (χ2v) is 5.57. The van der Waals surface area contributed by atoms with Gasteiger partial charge in [-0.15, -0.1) is 0 Å². The number of rotatable bonds is 5. The van der Waals surface area contributed by atoms with Gasteiger partial charge in [-0.2, -0.15) is 0 Å². The van der Waals surface area contributed by atoms with Crippen molar-refractivity contribution in [2.24, 2.45) is 0 Å². The van der Waals surface area contributed by atoms with Crippen LogP contribution in [0.2, 0.25) is 0 Å². The van der Waals surface area contributed by atoms with Crippen LogP contribution in [0.1, 0.15) is 32.6 Å². The van der Waals surface area contributed by atoms with Crippen molar-refractivity contribution >= 4 is 10.9 Å². The lowest BCUT2D eigenvalue weighted by Crippen LogP contribution is -2.34. The van der Waals surface area contributed by atoms with Crippen molar-refractivity contribution < 1.29 is 4.74 Å². The van der Waals surface area contributed by atoms with Crippen molar-refractivity contribution in [2.45, 2.75) is 45.2 Å². The van der Waals surface area contributed by atoms with E-state index in [4.69, 9.17) is 4.74 Å². The van der Waals surface area contributed by atoms with Crippen molar-refractivity contribution in [1.82, 2.24) is 9.88 Å². The van der Waals surface area contributed by atoms with Gasteiger partial charge in [-0.05, 0) is 50.9 Å². The molecule has 2 aromatic rings. The third-order valence-electron chi connectivity index (χ3n) is 4.20. The molecule has 0 spiro atoms. The zero-order valence-corrected chi connectivity index (χ0v) is 12.3. The first-order valence-electron chi connectivity index (χ1n) is 7.82. The Balaban J connectivity index is 1.73. The zero-order valence-electron chi connectivity index (χ0n) is 12.3. The third kappa shape index (κ3) is 2.83. The highest BCUT2D eigenvalue weighted by Crippen LogP contribution is 2.27.